The molecule has 3 N–H and O–H groups in total. The van der Waals surface area contributed by atoms with Gasteiger partial charge in [-0.15, -0.1) is 0 Å². The summed E-state index contributed by atoms with van der Waals surface area (Å²) in [5.41, 5.74) is 8.37. The highest BCUT2D eigenvalue weighted by Gasteiger charge is 2.13. The van der Waals surface area contributed by atoms with E-state index >= 15 is 0 Å². The molecular formula is C20H19N5O. The number of amides is 1. The molecule has 0 spiro atoms. The maximum atomic E-state index is 12.7. The van der Waals surface area contributed by atoms with Crippen molar-refractivity contribution in [3.8, 4) is 5.82 Å². The van der Waals surface area contributed by atoms with Crippen LogP contribution in [0.25, 0.3) is 16.7 Å². The van der Waals surface area contributed by atoms with Crippen LogP contribution in [0, 0.1) is 0 Å². The molecule has 1 aromatic carbocycles. The number of carbonyl (C=O) groups is 1. The van der Waals surface area contributed by atoms with Crippen LogP contribution < -0.4 is 11.1 Å². The van der Waals surface area contributed by atoms with Gasteiger partial charge in [-0.3, -0.25) is 4.79 Å². The van der Waals surface area contributed by atoms with E-state index in [1.54, 1.807) is 12.3 Å². The Kier molecular flexibility index (Phi) is 4.23. The van der Waals surface area contributed by atoms with Crippen molar-refractivity contribution >= 4 is 22.8 Å². The summed E-state index contributed by atoms with van der Waals surface area (Å²) in [7, 11) is 0. The molecule has 2 aromatic heterocycles. The van der Waals surface area contributed by atoms with Gasteiger partial charge in [-0.25, -0.2) is 4.98 Å². The molecule has 0 fully saturated rings. The summed E-state index contributed by atoms with van der Waals surface area (Å²) >= 11 is 0. The largest absolute Gasteiger partial charge is 0.368 e. The predicted molar refractivity (Wildman–Crippen MR) is 102 cm³/mol. The Labute approximate surface area is 151 Å². The van der Waals surface area contributed by atoms with Crippen LogP contribution in [0.2, 0.25) is 0 Å². The van der Waals surface area contributed by atoms with Gasteiger partial charge in [0.25, 0.3) is 5.91 Å². The number of aromatic nitrogens is 3. The molecule has 2 heterocycles. The van der Waals surface area contributed by atoms with E-state index in [9.17, 15) is 4.79 Å². The first-order valence-corrected chi connectivity index (χ1v) is 8.55. The molecule has 1 aliphatic rings. The normalized spacial score (nSPS) is 13.6. The molecule has 130 valence electrons. The average Bonchev–Trinajstić information content (AvgIpc) is 3.11. The van der Waals surface area contributed by atoms with Crippen LogP contribution in [0.5, 0.6) is 0 Å². The number of allylic oxidation sites excluding steroid dienone is 2. The second kappa shape index (κ2) is 6.84. The number of rotatable bonds is 4. The number of nitrogens with one attached hydrogen (secondary N) is 1. The fraction of sp³-hybridized carbons (Fsp3) is 0.150. The highest BCUT2D eigenvalue weighted by Crippen LogP contribution is 2.23. The number of hydrogen-bond donors (Lipinski definition) is 2. The number of nitrogens with two attached hydrogens (primary N) is 1. The Morgan fingerprint density at radius 2 is 2.15 bits per heavy atom. The number of fused-ring (bicyclic) bond motifs is 1. The van der Waals surface area contributed by atoms with Crippen LogP contribution in [-0.2, 0) is 0 Å². The molecule has 0 saturated heterocycles. The molecule has 0 atom stereocenters. The number of hydrogen-bond acceptors (Lipinski definition) is 4. The van der Waals surface area contributed by atoms with Crippen molar-refractivity contribution in [1.29, 1.82) is 0 Å². The highest BCUT2D eigenvalue weighted by molar-refractivity contribution is 6.06. The van der Waals surface area contributed by atoms with E-state index in [0.717, 1.165) is 29.3 Å². The van der Waals surface area contributed by atoms with Crippen molar-refractivity contribution in [3.63, 3.8) is 0 Å². The molecule has 6 heteroatoms. The van der Waals surface area contributed by atoms with Crippen LogP contribution in [0.1, 0.15) is 23.2 Å². The first kappa shape index (κ1) is 16.1. The van der Waals surface area contributed by atoms with Crippen molar-refractivity contribution < 1.29 is 4.79 Å². The zero-order chi connectivity index (χ0) is 17.9. The summed E-state index contributed by atoms with van der Waals surface area (Å²) in [6, 6.07) is 9.36. The summed E-state index contributed by atoms with van der Waals surface area (Å²) in [6.45, 7) is 0.537. The summed E-state index contributed by atoms with van der Waals surface area (Å²) < 4.78 is 1.90. The topological polar surface area (TPSA) is 85.8 Å². The van der Waals surface area contributed by atoms with Gasteiger partial charge in [-0.2, -0.15) is 4.98 Å². The molecule has 3 aromatic rings. The third kappa shape index (κ3) is 3.09. The van der Waals surface area contributed by atoms with Gasteiger partial charge in [0, 0.05) is 29.9 Å². The summed E-state index contributed by atoms with van der Waals surface area (Å²) in [6.07, 6.45) is 12.0. The van der Waals surface area contributed by atoms with Crippen molar-refractivity contribution in [2.75, 3.05) is 12.3 Å². The first-order valence-electron chi connectivity index (χ1n) is 8.55. The van der Waals surface area contributed by atoms with Crippen LogP contribution >= 0.6 is 0 Å². The van der Waals surface area contributed by atoms with E-state index in [2.05, 4.69) is 33.5 Å². The van der Waals surface area contributed by atoms with Crippen LogP contribution in [0.15, 0.2) is 66.5 Å². The fourth-order valence-electron chi connectivity index (χ4n) is 3.14. The highest BCUT2D eigenvalue weighted by atomic mass is 16.1. The smallest absolute Gasteiger partial charge is 0.252 e. The number of carbonyl (C=O) groups excluding carboxylic acids is 1. The van der Waals surface area contributed by atoms with Crippen LogP contribution in [0.4, 0.5) is 5.95 Å². The molecule has 26 heavy (non-hydrogen) atoms. The monoisotopic (exact) mass is 345 g/mol. The van der Waals surface area contributed by atoms with Gasteiger partial charge >= 0.3 is 0 Å². The Morgan fingerprint density at radius 1 is 1.23 bits per heavy atom. The van der Waals surface area contributed by atoms with Crippen molar-refractivity contribution in [3.05, 3.63) is 72.1 Å². The number of nitrogen functional groups attached to an aromatic ring is 1. The van der Waals surface area contributed by atoms with Gasteiger partial charge in [0.05, 0.1) is 5.52 Å². The lowest BCUT2D eigenvalue weighted by Crippen LogP contribution is -2.25. The van der Waals surface area contributed by atoms with Crippen molar-refractivity contribution in [2.45, 2.75) is 12.8 Å². The Bertz CT molecular complexity index is 1030. The standard InChI is InChI=1S/C20H19N5O/c21-20-22-11-9-18(24-20)25-12-10-15-16(7-4-8-17(15)25)19(26)23-13-14-5-2-1-3-6-14/h2,4-12H,1,3,13H2,(H,23,26)(H2,21,22,24). The lowest BCUT2D eigenvalue weighted by molar-refractivity contribution is 0.0959. The van der Waals surface area contributed by atoms with E-state index in [1.165, 1.54) is 0 Å². The van der Waals surface area contributed by atoms with E-state index in [1.807, 2.05) is 35.0 Å². The van der Waals surface area contributed by atoms with Gasteiger partial charge < -0.3 is 15.6 Å². The summed E-state index contributed by atoms with van der Waals surface area (Å²) in [5, 5.41) is 3.88. The number of anilines is 1. The molecule has 0 radical (unpaired) electrons. The Morgan fingerprint density at radius 3 is 2.96 bits per heavy atom. The summed E-state index contributed by atoms with van der Waals surface area (Å²) in [5.74, 6) is 0.796. The van der Waals surface area contributed by atoms with Crippen LogP contribution in [0.3, 0.4) is 0 Å². The molecule has 0 aliphatic heterocycles. The second-order valence-corrected chi connectivity index (χ2v) is 6.14. The average molecular weight is 345 g/mol. The molecule has 1 aliphatic carbocycles. The van der Waals surface area contributed by atoms with E-state index in [0.29, 0.717) is 17.9 Å². The minimum atomic E-state index is -0.0876. The molecule has 0 bridgehead atoms. The molecule has 4 rings (SSSR count). The quantitative estimate of drug-likeness (QED) is 0.761. The van der Waals surface area contributed by atoms with Crippen molar-refractivity contribution in [2.24, 2.45) is 0 Å². The van der Waals surface area contributed by atoms with E-state index < -0.39 is 0 Å². The number of nitrogens with zero attached hydrogens (tertiary/aromatic N) is 3. The van der Waals surface area contributed by atoms with E-state index in [-0.39, 0.29) is 11.9 Å². The van der Waals surface area contributed by atoms with Gasteiger partial charge in [0.2, 0.25) is 5.95 Å². The molecule has 0 saturated carbocycles. The molecule has 0 unspecified atom stereocenters. The third-order valence-electron chi connectivity index (χ3n) is 4.41. The molecule has 1 amide bonds. The van der Waals surface area contributed by atoms with E-state index in [4.69, 9.17) is 5.73 Å². The van der Waals surface area contributed by atoms with Crippen molar-refractivity contribution in [1.82, 2.24) is 19.9 Å². The van der Waals surface area contributed by atoms with Gasteiger partial charge in [-0.1, -0.05) is 24.3 Å². The maximum absolute atomic E-state index is 12.7. The second-order valence-electron chi connectivity index (χ2n) is 6.14. The minimum absolute atomic E-state index is 0.0876. The van der Waals surface area contributed by atoms with Gasteiger partial charge in [-0.05, 0) is 42.7 Å². The SMILES string of the molecule is Nc1nccc(-n2ccc3c(C(=O)NCC4=CCCC=C4)cccc32)n1. The zero-order valence-corrected chi connectivity index (χ0v) is 14.2. The Balaban J connectivity index is 1.63. The lowest BCUT2D eigenvalue weighted by atomic mass is 10.1. The maximum Gasteiger partial charge on any atom is 0.252 e. The predicted octanol–water partition coefficient (Wildman–Crippen LogP) is 3.01. The van der Waals surface area contributed by atoms with Gasteiger partial charge in [0.15, 0.2) is 0 Å². The third-order valence-corrected chi connectivity index (χ3v) is 4.41. The molecular weight excluding hydrogens is 326 g/mol. The van der Waals surface area contributed by atoms with Gasteiger partial charge in [0.1, 0.15) is 5.82 Å². The fourth-order valence-corrected chi connectivity index (χ4v) is 3.14. The Hall–Kier alpha value is -3.41. The molecule has 6 nitrogen and oxygen atoms in total. The van der Waals surface area contributed by atoms with Crippen LogP contribution in [-0.4, -0.2) is 27.0 Å². The summed E-state index contributed by atoms with van der Waals surface area (Å²) in [4.78, 5) is 20.9. The first-order chi connectivity index (χ1) is 12.7. The number of benzene rings is 1. The lowest BCUT2D eigenvalue weighted by Gasteiger charge is -2.10. The minimum Gasteiger partial charge on any atom is -0.368 e. The zero-order valence-electron chi connectivity index (χ0n) is 14.2.